The second kappa shape index (κ2) is 6.27. The molecule has 0 saturated carbocycles. The molecule has 1 unspecified atom stereocenters. The van der Waals surface area contributed by atoms with Crippen molar-refractivity contribution in [3.05, 3.63) is 82.7 Å². The van der Waals surface area contributed by atoms with Crippen LogP contribution in [0.4, 0.5) is 17.6 Å². The van der Waals surface area contributed by atoms with Gasteiger partial charge >= 0.3 is 0 Å². The third-order valence-electron chi connectivity index (χ3n) is 4.84. The number of halogens is 4. The van der Waals surface area contributed by atoms with Gasteiger partial charge in [0, 0.05) is 11.6 Å². The fourth-order valence-electron chi connectivity index (χ4n) is 3.66. The van der Waals surface area contributed by atoms with E-state index in [2.05, 4.69) is 0 Å². The van der Waals surface area contributed by atoms with Crippen LogP contribution in [-0.2, 0) is 6.42 Å². The van der Waals surface area contributed by atoms with Gasteiger partial charge in [0.05, 0.1) is 0 Å². The maximum atomic E-state index is 15.1. The average molecular weight is 356 g/mol. The Morgan fingerprint density at radius 3 is 2.19 bits per heavy atom. The third kappa shape index (κ3) is 2.61. The van der Waals surface area contributed by atoms with Crippen molar-refractivity contribution in [1.82, 2.24) is 0 Å². The van der Waals surface area contributed by atoms with E-state index < -0.39 is 23.6 Å². The highest BCUT2D eigenvalue weighted by Gasteiger charge is 2.32. The van der Waals surface area contributed by atoms with Gasteiger partial charge in [-0.15, -0.1) is 0 Å². The first-order valence-electron chi connectivity index (χ1n) is 8.55. The number of benzene rings is 3. The highest BCUT2D eigenvalue weighted by Crippen LogP contribution is 2.48. The van der Waals surface area contributed by atoms with Crippen molar-refractivity contribution in [3.63, 3.8) is 0 Å². The van der Waals surface area contributed by atoms with E-state index in [0.717, 1.165) is 12.5 Å². The summed E-state index contributed by atoms with van der Waals surface area (Å²) in [6, 6.07) is 11.5. The molecule has 132 valence electrons. The van der Waals surface area contributed by atoms with Gasteiger partial charge in [0.2, 0.25) is 0 Å². The van der Waals surface area contributed by atoms with Gasteiger partial charge in [-0.05, 0) is 58.0 Å². The molecule has 4 heteroatoms. The second-order valence-corrected chi connectivity index (χ2v) is 6.57. The van der Waals surface area contributed by atoms with E-state index >= 15 is 4.39 Å². The van der Waals surface area contributed by atoms with Crippen molar-refractivity contribution in [1.29, 1.82) is 0 Å². The third-order valence-corrected chi connectivity index (χ3v) is 4.84. The fourth-order valence-corrected chi connectivity index (χ4v) is 3.66. The summed E-state index contributed by atoms with van der Waals surface area (Å²) in [7, 11) is 0. The van der Waals surface area contributed by atoms with Gasteiger partial charge in [0.1, 0.15) is 17.5 Å². The molecule has 0 radical (unpaired) electrons. The highest BCUT2D eigenvalue weighted by atomic mass is 19.1. The van der Waals surface area contributed by atoms with Crippen molar-refractivity contribution in [2.45, 2.75) is 25.9 Å². The van der Waals surface area contributed by atoms with Crippen LogP contribution >= 0.6 is 0 Å². The standard InChI is InChI=1S/C22H16F4/c1-2-3-12-4-7-18-17-6-5-13(14-8-15(23)11-16(24)9-14)10-19(17)22(26)20(18)21(12)25/h4-11,22H,2-3H2,1H3. The zero-order chi connectivity index (χ0) is 18.4. The summed E-state index contributed by atoms with van der Waals surface area (Å²) in [5.41, 5.74) is 2.88. The molecule has 1 aliphatic rings. The predicted octanol–water partition coefficient (Wildman–Crippen LogP) is 6.76. The van der Waals surface area contributed by atoms with Crippen molar-refractivity contribution < 1.29 is 17.6 Å². The molecule has 0 saturated heterocycles. The van der Waals surface area contributed by atoms with E-state index in [9.17, 15) is 13.2 Å². The lowest BCUT2D eigenvalue weighted by Gasteiger charge is -2.09. The fraction of sp³-hybridized carbons (Fsp3) is 0.182. The van der Waals surface area contributed by atoms with Crippen LogP contribution in [0.15, 0.2) is 48.5 Å². The maximum Gasteiger partial charge on any atom is 0.154 e. The van der Waals surface area contributed by atoms with Crippen LogP contribution in [0.2, 0.25) is 0 Å². The SMILES string of the molecule is CCCc1ccc2c(c1F)C(F)c1cc(-c3cc(F)cc(F)c3)ccc1-2. The van der Waals surface area contributed by atoms with E-state index in [4.69, 9.17) is 0 Å². The smallest absolute Gasteiger partial charge is 0.154 e. The monoisotopic (exact) mass is 356 g/mol. The quantitative estimate of drug-likeness (QED) is 0.455. The van der Waals surface area contributed by atoms with E-state index in [1.165, 1.54) is 12.1 Å². The molecule has 3 aromatic rings. The van der Waals surface area contributed by atoms with Crippen LogP contribution in [0.25, 0.3) is 22.3 Å². The molecule has 0 N–H and O–H groups in total. The molecular formula is C22H16F4. The van der Waals surface area contributed by atoms with E-state index in [1.54, 1.807) is 30.3 Å². The molecule has 1 aliphatic carbocycles. The van der Waals surface area contributed by atoms with Gasteiger partial charge in [-0.1, -0.05) is 37.6 Å². The first-order valence-corrected chi connectivity index (χ1v) is 8.55. The van der Waals surface area contributed by atoms with Gasteiger partial charge in [-0.2, -0.15) is 0 Å². The molecule has 0 amide bonds. The molecule has 0 heterocycles. The first kappa shape index (κ1) is 16.8. The number of rotatable bonds is 3. The van der Waals surface area contributed by atoms with E-state index in [1.807, 2.05) is 6.92 Å². The summed E-state index contributed by atoms with van der Waals surface area (Å²) in [4.78, 5) is 0. The normalized spacial score (nSPS) is 15.0. The number of aryl methyl sites for hydroxylation is 1. The summed E-state index contributed by atoms with van der Waals surface area (Å²) >= 11 is 0. The Morgan fingerprint density at radius 2 is 1.50 bits per heavy atom. The second-order valence-electron chi connectivity index (χ2n) is 6.57. The molecule has 4 rings (SSSR count). The Labute approximate surface area is 149 Å². The van der Waals surface area contributed by atoms with Crippen LogP contribution in [0.3, 0.4) is 0 Å². The summed E-state index contributed by atoms with van der Waals surface area (Å²) in [5, 5.41) is 0. The molecule has 3 aromatic carbocycles. The lowest BCUT2D eigenvalue weighted by atomic mass is 9.98. The van der Waals surface area contributed by atoms with Crippen LogP contribution in [-0.4, -0.2) is 0 Å². The van der Waals surface area contributed by atoms with Gasteiger partial charge in [0.25, 0.3) is 0 Å². The van der Waals surface area contributed by atoms with Gasteiger partial charge in [-0.3, -0.25) is 0 Å². The molecule has 0 spiro atoms. The van der Waals surface area contributed by atoms with E-state index in [-0.39, 0.29) is 5.56 Å². The Morgan fingerprint density at radius 1 is 0.808 bits per heavy atom. The van der Waals surface area contributed by atoms with Crippen LogP contribution in [0.5, 0.6) is 0 Å². The number of hydrogen-bond donors (Lipinski definition) is 0. The van der Waals surface area contributed by atoms with Crippen molar-refractivity contribution in [2.24, 2.45) is 0 Å². The minimum absolute atomic E-state index is 0.0634. The zero-order valence-corrected chi connectivity index (χ0v) is 14.1. The molecule has 0 nitrogen and oxygen atoms in total. The van der Waals surface area contributed by atoms with Gasteiger partial charge < -0.3 is 0 Å². The number of hydrogen-bond acceptors (Lipinski definition) is 0. The average Bonchev–Trinajstić information content (AvgIpc) is 2.89. The summed E-state index contributed by atoms with van der Waals surface area (Å²) in [6.07, 6.45) is -0.264. The Balaban J connectivity index is 1.83. The minimum atomic E-state index is -1.59. The summed E-state index contributed by atoms with van der Waals surface area (Å²) in [5.74, 6) is -1.89. The van der Waals surface area contributed by atoms with Crippen LogP contribution in [0, 0.1) is 17.5 Å². The molecule has 26 heavy (non-hydrogen) atoms. The molecule has 0 fully saturated rings. The van der Waals surface area contributed by atoms with Crippen molar-refractivity contribution >= 4 is 0 Å². The number of alkyl halides is 1. The lowest BCUT2D eigenvalue weighted by molar-refractivity contribution is 0.394. The van der Waals surface area contributed by atoms with Gasteiger partial charge in [-0.25, -0.2) is 17.6 Å². The first-order chi connectivity index (χ1) is 12.5. The molecular weight excluding hydrogens is 340 g/mol. The Bertz CT molecular complexity index is 987. The topological polar surface area (TPSA) is 0 Å². The maximum absolute atomic E-state index is 15.1. The molecule has 1 atom stereocenters. The Kier molecular flexibility index (Phi) is 4.06. The Hall–Kier alpha value is -2.62. The zero-order valence-electron chi connectivity index (χ0n) is 14.1. The van der Waals surface area contributed by atoms with Gasteiger partial charge in [0.15, 0.2) is 6.17 Å². The lowest BCUT2D eigenvalue weighted by Crippen LogP contribution is -1.98. The molecule has 0 aromatic heterocycles. The number of fused-ring (bicyclic) bond motifs is 3. The minimum Gasteiger partial charge on any atom is -0.237 e. The largest absolute Gasteiger partial charge is 0.237 e. The van der Waals surface area contributed by atoms with Crippen LogP contribution in [0.1, 0.15) is 36.2 Å². The van der Waals surface area contributed by atoms with Crippen molar-refractivity contribution in [2.75, 3.05) is 0 Å². The van der Waals surface area contributed by atoms with E-state index in [0.29, 0.717) is 39.8 Å². The molecule has 0 aliphatic heterocycles. The summed E-state index contributed by atoms with van der Waals surface area (Å²) in [6.45, 7) is 1.94. The highest BCUT2D eigenvalue weighted by molar-refractivity contribution is 5.82. The van der Waals surface area contributed by atoms with Crippen LogP contribution < -0.4 is 0 Å². The summed E-state index contributed by atoms with van der Waals surface area (Å²) < 4.78 is 56.8. The van der Waals surface area contributed by atoms with Crippen molar-refractivity contribution in [3.8, 4) is 22.3 Å². The predicted molar refractivity (Wildman–Crippen MR) is 94.1 cm³/mol. The molecule has 0 bridgehead atoms.